The Hall–Kier alpha value is -2.09. The molecule has 0 radical (unpaired) electrons. The number of anilines is 1. The Bertz CT molecular complexity index is 484. The molecule has 0 saturated heterocycles. The maximum absolute atomic E-state index is 11.8. The van der Waals surface area contributed by atoms with Gasteiger partial charge in [0.2, 0.25) is 5.91 Å². The molecule has 8 heteroatoms. The van der Waals surface area contributed by atoms with E-state index in [0.717, 1.165) is 0 Å². The summed E-state index contributed by atoms with van der Waals surface area (Å²) >= 11 is 0. The number of amides is 1. The quantitative estimate of drug-likeness (QED) is 0.520. The number of nitrogen functional groups attached to an aromatic ring is 1. The highest BCUT2D eigenvalue weighted by atomic mass is 16.5. The van der Waals surface area contributed by atoms with Gasteiger partial charge in [0.05, 0.1) is 13.7 Å². The number of hydrogen-bond donors (Lipinski definition) is 2. The number of rotatable bonds is 7. The Balaban J connectivity index is 2.85. The topological polar surface area (TPSA) is 108 Å². The van der Waals surface area contributed by atoms with E-state index in [1.165, 1.54) is 11.7 Å². The first kappa shape index (κ1) is 16.0. The Morgan fingerprint density at radius 1 is 1.40 bits per heavy atom. The second kappa shape index (κ2) is 7.49. The smallest absolute Gasteiger partial charge is 0.360 e. The van der Waals surface area contributed by atoms with Gasteiger partial charge in [-0.1, -0.05) is 6.92 Å². The van der Waals surface area contributed by atoms with Gasteiger partial charge in [0, 0.05) is 20.1 Å². The molecule has 0 saturated carbocycles. The van der Waals surface area contributed by atoms with E-state index >= 15 is 0 Å². The zero-order valence-electron chi connectivity index (χ0n) is 11.9. The molecular weight excluding hydrogens is 264 g/mol. The first-order valence-electron chi connectivity index (χ1n) is 6.23. The second-order valence-electron chi connectivity index (χ2n) is 4.04. The van der Waals surface area contributed by atoms with Crippen molar-refractivity contribution in [3.63, 3.8) is 0 Å². The van der Waals surface area contributed by atoms with Crippen molar-refractivity contribution >= 4 is 17.7 Å². The van der Waals surface area contributed by atoms with E-state index in [-0.39, 0.29) is 24.0 Å². The fourth-order valence-corrected chi connectivity index (χ4v) is 1.70. The molecule has 0 aliphatic carbocycles. The van der Waals surface area contributed by atoms with E-state index in [4.69, 9.17) is 10.5 Å². The minimum Gasteiger partial charge on any atom is -0.464 e. The Labute approximate surface area is 117 Å². The summed E-state index contributed by atoms with van der Waals surface area (Å²) in [5.41, 5.74) is 5.89. The summed E-state index contributed by atoms with van der Waals surface area (Å²) in [6.07, 6.45) is 0.548. The zero-order chi connectivity index (χ0) is 15.1. The summed E-state index contributed by atoms with van der Waals surface area (Å²) in [5.74, 6) is -0.145. The van der Waals surface area contributed by atoms with Crippen molar-refractivity contribution in [2.75, 3.05) is 33.1 Å². The number of aromatic nitrogens is 2. The lowest BCUT2D eigenvalue weighted by Gasteiger charge is -2.09. The van der Waals surface area contributed by atoms with Crippen molar-refractivity contribution in [3.8, 4) is 0 Å². The van der Waals surface area contributed by atoms with Gasteiger partial charge in [0.25, 0.3) is 0 Å². The molecule has 0 aliphatic rings. The van der Waals surface area contributed by atoms with Crippen LogP contribution in [-0.2, 0) is 27.2 Å². The highest BCUT2D eigenvalue weighted by molar-refractivity contribution is 5.92. The van der Waals surface area contributed by atoms with Crippen LogP contribution in [0.3, 0.4) is 0 Å². The third-order valence-electron chi connectivity index (χ3n) is 2.71. The summed E-state index contributed by atoms with van der Waals surface area (Å²) in [6.45, 7) is 2.71. The maximum atomic E-state index is 11.8. The number of nitrogens with two attached hydrogens (primary N) is 1. The van der Waals surface area contributed by atoms with Crippen LogP contribution in [0, 0.1) is 0 Å². The summed E-state index contributed by atoms with van der Waals surface area (Å²) in [4.78, 5) is 27.4. The summed E-state index contributed by atoms with van der Waals surface area (Å²) < 4.78 is 11.0. The molecule has 1 aromatic heterocycles. The molecule has 0 fully saturated rings. The molecule has 8 nitrogen and oxygen atoms in total. The number of carbonyl (C=O) groups is 2. The van der Waals surface area contributed by atoms with E-state index in [2.05, 4.69) is 15.0 Å². The largest absolute Gasteiger partial charge is 0.464 e. The van der Waals surface area contributed by atoms with Crippen molar-refractivity contribution in [1.82, 2.24) is 14.9 Å². The third-order valence-corrected chi connectivity index (χ3v) is 2.71. The van der Waals surface area contributed by atoms with E-state index in [1.54, 1.807) is 7.11 Å². The average Bonchev–Trinajstić information content (AvgIpc) is 2.75. The first-order chi connectivity index (χ1) is 9.54. The van der Waals surface area contributed by atoms with Crippen molar-refractivity contribution in [2.24, 2.45) is 0 Å². The fourth-order valence-electron chi connectivity index (χ4n) is 1.70. The van der Waals surface area contributed by atoms with Gasteiger partial charge in [-0.05, 0) is 0 Å². The summed E-state index contributed by atoms with van der Waals surface area (Å²) in [5, 5.41) is 2.68. The Morgan fingerprint density at radius 2 is 2.10 bits per heavy atom. The Kier molecular flexibility index (Phi) is 5.98. The van der Waals surface area contributed by atoms with Gasteiger partial charge in [-0.2, -0.15) is 0 Å². The van der Waals surface area contributed by atoms with Crippen molar-refractivity contribution in [2.45, 2.75) is 19.9 Å². The number of imidazole rings is 1. The predicted molar refractivity (Wildman–Crippen MR) is 72.2 cm³/mol. The molecule has 0 atom stereocenters. The molecule has 0 aliphatic heterocycles. The third kappa shape index (κ3) is 3.70. The number of methoxy groups -OCH3 is 2. The maximum Gasteiger partial charge on any atom is 0.360 e. The number of nitrogens with one attached hydrogen (secondary N) is 1. The first-order valence-corrected chi connectivity index (χ1v) is 6.23. The lowest BCUT2D eigenvalue weighted by atomic mass is 10.4. The molecule has 20 heavy (non-hydrogen) atoms. The fraction of sp³-hybridized carbons (Fsp3) is 0.583. The number of nitrogens with zero attached hydrogens (tertiary/aromatic N) is 2. The van der Waals surface area contributed by atoms with Gasteiger partial charge in [-0.15, -0.1) is 0 Å². The predicted octanol–water partition coefficient (Wildman–Crippen LogP) is -0.423. The average molecular weight is 284 g/mol. The highest BCUT2D eigenvalue weighted by Gasteiger charge is 2.21. The zero-order valence-corrected chi connectivity index (χ0v) is 11.9. The minimum atomic E-state index is -0.615. The van der Waals surface area contributed by atoms with Crippen molar-refractivity contribution in [3.05, 3.63) is 11.5 Å². The van der Waals surface area contributed by atoms with Crippen LogP contribution in [-0.4, -0.2) is 48.8 Å². The lowest BCUT2D eigenvalue weighted by molar-refractivity contribution is -0.121. The molecular formula is C12H20N4O4. The molecule has 0 unspecified atom stereocenters. The normalized spacial score (nSPS) is 10.3. The standard InChI is InChI=1S/C12H20N4O4/c1-4-8-15-10(12(18)20-3)11(13)16(8)7-9(17)14-5-6-19-2/h4-7,13H2,1-3H3,(H,14,17). The van der Waals surface area contributed by atoms with Crippen LogP contribution in [0.4, 0.5) is 5.82 Å². The highest BCUT2D eigenvalue weighted by Crippen LogP contribution is 2.16. The van der Waals surface area contributed by atoms with Gasteiger partial charge in [-0.25, -0.2) is 9.78 Å². The number of esters is 1. The number of ether oxygens (including phenoxy) is 2. The van der Waals surface area contributed by atoms with Gasteiger partial charge < -0.3 is 25.1 Å². The van der Waals surface area contributed by atoms with Gasteiger partial charge >= 0.3 is 5.97 Å². The van der Waals surface area contributed by atoms with Crippen LogP contribution >= 0.6 is 0 Å². The molecule has 1 aromatic rings. The van der Waals surface area contributed by atoms with Crippen LogP contribution in [0.25, 0.3) is 0 Å². The van der Waals surface area contributed by atoms with E-state index < -0.39 is 5.97 Å². The monoisotopic (exact) mass is 284 g/mol. The van der Waals surface area contributed by atoms with Crippen LogP contribution in [0.5, 0.6) is 0 Å². The summed E-state index contributed by atoms with van der Waals surface area (Å²) in [6, 6.07) is 0. The summed E-state index contributed by atoms with van der Waals surface area (Å²) in [7, 11) is 2.81. The lowest BCUT2D eigenvalue weighted by Crippen LogP contribution is -2.31. The molecule has 112 valence electrons. The van der Waals surface area contributed by atoms with Crippen molar-refractivity contribution in [1.29, 1.82) is 0 Å². The Morgan fingerprint density at radius 3 is 2.65 bits per heavy atom. The SMILES string of the molecule is CCc1nc(C(=O)OC)c(N)n1CC(=O)NCCOC. The van der Waals surface area contributed by atoms with Gasteiger partial charge in [0.15, 0.2) is 5.69 Å². The molecule has 3 N–H and O–H groups in total. The minimum absolute atomic E-state index is 0.00269. The second-order valence-corrected chi connectivity index (χ2v) is 4.04. The number of carbonyl (C=O) groups excluding carboxylic acids is 2. The van der Waals surface area contributed by atoms with Crippen LogP contribution in [0.1, 0.15) is 23.2 Å². The molecule has 1 rings (SSSR count). The van der Waals surface area contributed by atoms with Crippen LogP contribution in [0.15, 0.2) is 0 Å². The number of aryl methyl sites for hydroxylation is 1. The molecule has 0 spiro atoms. The molecule has 0 bridgehead atoms. The molecule has 1 heterocycles. The molecule has 1 amide bonds. The van der Waals surface area contributed by atoms with Gasteiger partial charge in [0.1, 0.15) is 18.2 Å². The number of hydrogen-bond acceptors (Lipinski definition) is 6. The van der Waals surface area contributed by atoms with Gasteiger partial charge in [-0.3, -0.25) is 4.79 Å². The van der Waals surface area contributed by atoms with Crippen LogP contribution in [0.2, 0.25) is 0 Å². The van der Waals surface area contributed by atoms with E-state index in [0.29, 0.717) is 25.4 Å². The van der Waals surface area contributed by atoms with E-state index in [9.17, 15) is 9.59 Å². The molecule has 0 aromatic carbocycles. The van der Waals surface area contributed by atoms with Crippen molar-refractivity contribution < 1.29 is 19.1 Å². The van der Waals surface area contributed by atoms with Crippen LogP contribution < -0.4 is 11.1 Å². The van der Waals surface area contributed by atoms with E-state index in [1.807, 2.05) is 6.92 Å².